The van der Waals surface area contributed by atoms with Crippen LogP contribution in [0.5, 0.6) is 0 Å². The van der Waals surface area contributed by atoms with Gasteiger partial charge in [-0.25, -0.2) is 4.98 Å². The van der Waals surface area contributed by atoms with E-state index in [4.69, 9.17) is 0 Å². The Morgan fingerprint density at radius 2 is 2.29 bits per heavy atom. The summed E-state index contributed by atoms with van der Waals surface area (Å²) in [7, 11) is 0. The molecule has 1 aliphatic heterocycles. The number of hydrogen-bond acceptors (Lipinski definition) is 3. The molecule has 17 heavy (non-hydrogen) atoms. The molecule has 0 amide bonds. The number of nitrogens with zero attached hydrogens (tertiary/aromatic N) is 2. The Labute approximate surface area is 104 Å². The first-order chi connectivity index (χ1) is 8.29. The predicted octanol–water partition coefficient (Wildman–Crippen LogP) is 1.62. The standard InChI is InChI=1S/C13H24N4/c1-3-17-8-4-12(5-9-17)11(2)16-10-13-14-6-7-15-13/h6-7,11-12,16H,3-5,8-10H2,1-2H3,(H,14,15). The molecule has 1 atom stereocenters. The zero-order valence-corrected chi connectivity index (χ0v) is 10.9. The van der Waals surface area contributed by atoms with Crippen LogP contribution >= 0.6 is 0 Å². The molecule has 1 aromatic rings. The minimum atomic E-state index is 0.583. The van der Waals surface area contributed by atoms with Gasteiger partial charge in [-0.05, 0) is 45.3 Å². The van der Waals surface area contributed by atoms with E-state index in [1.54, 1.807) is 6.20 Å². The number of piperidine rings is 1. The first kappa shape index (κ1) is 12.6. The van der Waals surface area contributed by atoms with E-state index in [0.29, 0.717) is 6.04 Å². The summed E-state index contributed by atoms with van der Waals surface area (Å²) in [6.07, 6.45) is 6.32. The van der Waals surface area contributed by atoms with Crippen LogP contribution < -0.4 is 5.32 Å². The molecule has 1 saturated heterocycles. The summed E-state index contributed by atoms with van der Waals surface area (Å²) in [6, 6.07) is 0.583. The number of nitrogens with one attached hydrogen (secondary N) is 2. The highest BCUT2D eigenvalue weighted by atomic mass is 15.1. The van der Waals surface area contributed by atoms with Crippen molar-refractivity contribution in [2.24, 2.45) is 5.92 Å². The van der Waals surface area contributed by atoms with Gasteiger partial charge in [0, 0.05) is 18.4 Å². The molecule has 2 rings (SSSR count). The molecule has 0 aliphatic carbocycles. The minimum Gasteiger partial charge on any atom is -0.348 e. The van der Waals surface area contributed by atoms with Gasteiger partial charge in [-0.1, -0.05) is 6.92 Å². The van der Waals surface area contributed by atoms with Crippen LogP contribution in [0.15, 0.2) is 12.4 Å². The number of likely N-dealkylation sites (tertiary alicyclic amines) is 1. The lowest BCUT2D eigenvalue weighted by Crippen LogP contribution is -2.41. The van der Waals surface area contributed by atoms with E-state index in [-0.39, 0.29) is 0 Å². The van der Waals surface area contributed by atoms with Crippen molar-refractivity contribution in [2.75, 3.05) is 19.6 Å². The van der Waals surface area contributed by atoms with Gasteiger partial charge in [-0.3, -0.25) is 0 Å². The number of aromatic amines is 1. The molecule has 4 heteroatoms. The van der Waals surface area contributed by atoms with Gasteiger partial charge >= 0.3 is 0 Å². The van der Waals surface area contributed by atoms with Crippen molar-refractivity contribution in [1.82, 2.24) is 20.2 Å². The number of hydrogen-bond donors (Lipinski definition) is 2. The molecule has 2 heterocycles. The van der Waals surface area contributed by atoms with Crippen LogP contribution in [0.4, 0.5) is 0 Å². The third-order valence-electron chi connectivity index (χ3n) is 3.93. The Hall–Kier alpha value is -0.870. The summed E-state index contributed by atoms with van der Waals surface area (Å²) in [4.78, 5) is 9.90. The average Bonchev–Trinajstić information content (AvgIpc) is 2.89. The van der Waals surface area contributed by atoms with Crippen molar-refractivity contribution in [3.8, 4) is 0 Å². The van der Waals surface area contributed by atoms with Gasteiger partial charge < -0.3 is 15.2 Å². The van der Waals surface area contributed by atoms with Crippen LogP contribution in [0.25, 0.3) is 0 Å². The van der Waals surface area contributed by atoms with E-state index in [9.17, 15) is 0 Å². The SMILES string of the molecule is CCN1CCC(C(C)NCc2ncc[nH]2)CC1. The highest BCUT2D eigenvalue weighted by Crippen LogP contribution is 2.20. The first-order valence-electron chi connectivity index (χ1n) is 6.73. The summed E-state index contributed by atoms with van der Waals surface area (Å²) in [5.74, 6) is 1.84. The molecule has 4 nitrogen and oxygen atoms in total. The topological polar surface area (TPSA) is 44.0 Å². The molecule has 0 radical (unpaired) electrons. The third-order valence-corrected chi connectivity index (χ3v) is 3.93. The van der Waals surface area contributed by atoms with Crippen molar-refractivity contribution in [3.63, 3.8) is 0 Å². The smallest absolute Gasteiger partial charge is 0.120 e. The third kappa shape index (κ3) is 3.54. The highest BCUT2D eigenvalue weighted by molar-refractivity contribution is 4.88. The Kier molecular flexibility index (Phi) is 4.57. The molecule has 1 aromatic heterocycles. The summed E-state index contributed by atoms with van der Waals surface area (Å²) in [5.41, 5.74) is 0. The van der Waals surface area contributed by atoms with Crippen LogP contribution in [0, 0.1) is 5.92 Å². The quantitative estimate of drug-likeness (QED) is 0.816. The van der Waals surface area contributed by atoms with Crippen LogP contribution in [-0.4, -0.2) is 40.5 Å². The molecule has 0 aromatic carbocycles. The maximum atomic E-state index is 4.23. The number of aromatic nitrogens is 2. The van der Waals surface area contributed by atoms with Gasteiger partial charge in [0.1, 0.15) is 5.82 Å². The minimum absolute atomic E-state index is 0.583. The lowest BCUT2D eigenvalue weighted by molar-refractivity contribution is 0.168. The Morgan fingerprint density at radius 3 is 2.88 bits per heavy atom. The molecular weight excluding hydrogens is 212 g/mol. The molecule has 2 N–H and O–H groups in total. The Morgan fingerprint density at radius 1 is 1.53 bits per heavy atom. The normalized spacial score (nSPS) is 20.6. The lowest BCUT2D eigenvalue weighted by Gasteiger charge is -2.34. The van der Waals surface area contributed by atoms with Crippen molar-refractivity contribution >= 4 is 0 Å². The van der Waals surface area contributed by atoms with Gasteiger partial charge in [0.15, 0.2) is 0 Å². The van der Waals surface area contributed by atoms with E-state index in [1.165, 1.54) is 32.5 Å². The fourth-order valence-corrected chi connectivity index (χ4v) is 2.59. The summed E-state index contributed by atoms with van der Waals surface area (Å²) in [5, 5.41) is 3.58. The van der Waals surface area contributed by atoms with Crippen molar-refractivity contribution < 1.29 is 0 Å². The number of H-pyrrole nitrogens is 1. The molecule has 96 valence electrons. The molecule has 0 bridgehead atoms. The van der Waals surface area contributed by atoms with E-state index in [0.717, 1.165) is 18.3 Å². The second-order valence-electron chi connectivity index (χ2n) is 4.98. The van der Waals surface area contributed by atoms with Crippen LogP contribution in [0.2, 0.25) is 0 Å². The molecular formula is C13H24N4. The summed E-state index contributed by atoms with van der Waals surface area (Å²) < 4.78 is 0. The Bertz CT molecular complexity index is 301. The van der Waals surface area contributed by atoms with Crippen LogP contribution in [-0.2, 0) is 6.54 Å². The summed E-state index contributed by atoms with van der Waals surface area (Å²) in [6.45, 7) is 9.11. The van der Waals surface area contributed by atoms with Gasteiger partial charge in [0.25, 0.3) is 0 Å². The van der Waals surface area contributed by atoms with Crippen LogP contribution in [0.1, 0.15) is 32.5 Å². The maximum Gasteiger partial charge on any atom is 0.120 e. The highest BCUT2D eigenvalue weighted by Gasteiger charge is 2.22. The van der Waals surface area contributed by atoms with E-state index >= 15 is 0 Å². The lowest BCUT2D eigenvalue weighted by atomic mass is 9.90. The second kappa shape index (κ2) is 6.17. The number of rotatable bonds is 5. The molecule has 0 spiro atoms. The predicted molar refractivity (Wildman–Crippen MR) is 69.7 cm³/mol. The largest absolute Gasteiger partial charge is 0.348 e. The molecule has 0 saturated carbocycles. The van der Waals surface area contributed by atoms with E-state index in [1.807, 2.05) is 6.20 Å². The van der Waals surface area contributed by atoms with Crippen molar-refractivity contribution in [3.05, 3.63) is 18.2 Å². The summed E-state index contributed by atoms with van der Waals surface area (Å²) >= 11 is 0. The zero-order valence-electron chi connectivity index (χ0n) is 10.9. The van der Waals surface area contributed by atoms with Crippen molar-refractivity contribution in [1.29, 1.82) is 0 Å². The van der Waals surface area contributed by atoms with E-state index < -0.39 is 0 Å². The second-order valence-corrected chi connectivity index (χ2v) is 4.98. The van der Waals surface area contributed by atoms with Gasteiger partial charge in [-0.2, -0.15) is 0 Å². The molecule has 1 unspecified atom stereocenters. The average molecular weight is 236 g/mol. The van der Waals surface area contributed by atoms with Crippen LogP contribution in [0.3, 0.4) is 0 Å². The molecule has 1 aliphatic rings. The fourth-order valence-electron chi connectivity index (χ4n) is 2.59. The zero-order chi connectivity index (χ0) is 12.1. The Balaban J connectivity index is 1.71. The fraction of sp³-hybridized carbons (Fsp3) is 0.769. The van der Waals surface area contributed by atoms with Gasteiger partial charge in [0.2, 0.25) is 0 Å². The van der Waals surface area contributed by atoms with Gasteiger partial charge in [0.05, 0.1) is 6.54 Å². The monoisotopic (exact) mass is 236 g/mol. The number of imidazole rings is 1. The van der Waals surface area contributed by atoms with Crippen molar-refractivity contribution in [2.45, 2.75) is 39.3 Å². The first-order valence-corrected chi connectivity index (χ1v) is 6.73. The molecule has 1 fully saturated rings. The maximum absolute atomic E-state index is 4.23. The van der Waals surface area contributed by atoms with Gasteiger partial charge in [-0.15, -0.1) is 0 Å². The van der Waals surface area contributed by atoms with E-state index in [2.05, 4.69) is 34.0 Å².